The quantitative estimate of drug-likeness (QED) is 0.203. The second-order valence-corrected chi connectivity index (χ2v) is 6.73. The molecule has 0 aliphatic rings. The van der Waals surface area contributed by atoms with Crippen molar-refractivity contribution in [2.24, 2.45) is 11.5 Å². The summed E-state index contributed by atoms with van der Waals surface area (Å²) in [6.45, 7) is 10.2. The van der Waals surface area contributed by atoms with Crippen LogP contribution in [-0.4, -0.2) is 92.4 Å². The predicted molar refractivity (Wildman–Crippen MR) is 115 cm³/mol. The summed E-state index contributed by atoms with van der Waals surface area (Å²) in [6.07, 6.45) is 6.46. The SMILES string of the molecule is NCCCOCCCOCCCOCCCOCCCOCCCOCCCN. The predicted octanol–water partition coefficient (Wildman–Crippen LogP) is 1.73. The van der Waals surface area contributed by atoms with Crippen LogP contribution in [0, 0.1) is 0 Å². The van der Waals surface area contributed by atoms with Crippen LogP contribution in [-0.2, 0) is 28.4 Å². The zero-order chi connectivity index (χ0) is 21.1. The first-order valence-electron chi connectivity index (χ1n) is 11.3. The van der Waals surface area contributed by atoms with E-state index in [4.69, 9.17) is 39.9 Å². The van der Waals surface area contributed by atoms with Crippen molar-refractivity contribution in [1.82, 2.24) is 0 Å². The van der Waals surface area contributed by atoms with Gasteiger partial charge in [0.05, 0.1) is 0 Å². The van der Waals surface area contributed by atoms with Crippen molar-refractivity contribution in [1.29, 1.82) is 0 Å². The minimum Gasteiger partial charge on any atom is -0.381 e. The van der Waals surface area contributed by atoms with E-state index in [0.29, 0.717) is 13.1 Å². The monoisotopic (exact) mass is 422 g/mol. The first-order valence-corrected chi connectivity index (χ1v) is 11.3. The van der Waals surface area contributed by atoms with Gasteiger partial charge in [-0.25, -0.2) is 0 Å². The molecule has 0 aromatic carbocycles. The van der Waals surface area contributed by atoms with Gasteiger partial charge in [0.25, 0.3) is 0 Å². The van der Waals surface area contributed by atoms with Crippen LogP contribution in [0.2, 0.25) is 0 Å². The van der Waals surface area contributed by atoms with E-state index in [1.807, 2.05) is 0 Å². The molecule has 0 spiro atoms. The molecule has 0 saturated heterocycles. The summed E-state index contributed by atoms with van der Waals surface area (Å²) in [5.74, 6) is 0. The highest BCUT2D eigenvalue weighted by molar-refractivity contribution is 4.42. The second kappa shape index (κ2) is 27.7. The van der Waals surface area contributed by atoms with E-state index < -0.39 is 0 Å². The largest absolute Gasteiger partial charge is 0.381 e. The van der Waals surface area contributed by atoms with Crippen LogP contribution < -0.4 is 11.5 Å². The first kappa shape index (κ1) is 28.7. The van der Waals surface area contributed by atoms with Gasteiger partial charge in [-0.15, -0.1) is 0 Å². The minimum absolute atomic E-state index is 0.685. The molecule has 0 radical (unpaired) electrons. The summed E-state index contributed by atoms with van der Waals surface area (Å²) in [6, 6.07) is 0. The van der Waals surface area contributed by atoms with Crippen LogP contribution in [0.15, 0.2) is 0 Å². The molecular formula is C21H46N2O6. The third-order valence-electron chi connectivity index (χ3n) is 3.87. The zero-order valence-corrected chi connectivity index (χ0v) is 18.5. The van der Waals surface area contributed by atoms with Crippen LogP contribution in [0.5, 0.6) is 0 Å². The van der Waals surface area contributed by atoms with E-state index in [1.165, 1.54) is 0 Å². The number of hydrogen-bond acceptors (Lipinski definition) is 8. The van der Waals surface area contributed by atoms with E-state index in [-0.39, 0.29) is 0 Å². The molecule has 29 heavy (non-hydrogen) atoms. The van der Waals surface area contributed by atoms with Crippen molar-refractivity contribution in [3.8, 4) is 0 Å². The Hall–Kier alpha value is -0.320. The molecule has 0 aromatic rings. The van der Waals surface area contributed by atoms with Crippen LogP contribution in [0.25, 0.3) is 0 Å². The lowest BCUT2D eigenvalue weighted by Crippen LogP contribution is -2.08. The molecule has 0 aliphatic heterocycles. The molecular weight excluding hydrogens is 376 g/mol. The fraction of sp³-hybridized carbons (Fsp3) is 1.00. The molecule has 0 aromatic heterocycles. The molecule has 0 aliphatic carbocycles. The zero-order valence-electron chi connectivity index (χ0n) is 18.5. The maximum Gasteiger partial charge on any atom is 0.0488 e. The fourth-order valence-corrected chi connectivity index (χ4v) is 2.30. The molecule has 0 amide bonds. The second-order valence-electron chi connectivity index (χ2n) is 6.73. The van der Waals surface area contributed by atoms with E-state index in [9.17, 15) is 0 Å². The highest BCUT2D eigenvalue weighted by Gasteiger charge is 1.95. The topological polar surface area (TPSA) is 107 Å². The van der Waals surface area contributed by atoms with E-state index in [0.717, 1.165) is 124 Å². The van der Waals surface area contributed by atoms with Crippen LogP contribution in [0.1, 0.15) is 44.9 Å². The third kappa shape index (κ3) is 27.7. The first-order chi connectivity index (χ1) is 14.4. The summed E-state index contributed by atoms with van der Waals surface area (Å²) in [4.78, 5) is 0. The average Bonchev–Trinajstić information content (AvgIpc) is 2.74. The lowest BCUT2D eigenvalue weighted by Gasteiger charge is -2.07. The van der Waals surface area contributed by atoms with Gasteiger partial charge in [-0.1, -0.05) is 0 Å². The molecule has 0 fully saturated rings. The van der Waals surface area contributed by atoms with Gasteiger partial charge in [-0.3, -0.25) is 0 Å². The summed E-state index contributed by atoms with van der Waals surface area (Å²) < 4.78 is 33.0. The van der Waals surface area contributed by atoms with Crippen molar-refractivity contribution in [2.75, 3.05) is 92.4 Å². The Balaban J connectivity index is 2.97. The number of ether oxygens (including phenoxy) is 6. The molecule has 0 atom stereocenters. The Morgan fingerprint density at radius 3 is 0.621 bits per heavy atom. The Morgan fingerprint density at radius 1 is 0.276 bits per heavy atom. The maximum atomic E-state index is 5.57. The summed E-state index contributed by atoms with van der Waals surface area (Å²) in [5, 5.41) is 0. The van der Waals surface area contributed by atoms with Gasteiger partial charge in [-0.05, 0) is 58.0 Å². The van der Waals surface area contributed by atoms with Gasteiger partial charge < -0.3 is 39.9 Å². The molecule has 8 heteroatoms. The maximum absolute atomic E-state index is 5.57. The Labute approximate surface area is 177 Å². The van der Waals surface area contributed by atoms with Crippen LogP contribution in [0.3, 0.4) is 0 Å². The molecule has 4 N–H and O–H groups in total. The highest BCUT2D eigenvalue weighted by atomic mass is 16.5. The molecule has 0 heterocycles. The van der Waals surface area contributed by atoms with Crippen molar-refractivity contribution in [3.05, 3.63) is 0 Å². The normalized spacial score (nSPS) is 11.4. The Morgan fingerprint density at radius 2 is 0.448 bits per heavy atom. The third-order valence-corrected chi connectivity index (χ3v) is 3.87. The summed E-state index contributed by atoms with van der Waals surface area (Å²) in [7, 11) is 0. The van der Waals surface area contributed by atoms with Gasteiger partial charge in [0.2, 0.25) is 0 Å². The highest BCUT2D eigenvalue weighted by Crippen LogP contribution is 1.93. The van der Waals surface area contributed by atoms with Crippen molar-refractivity contribution in [3.63, 3.8) is 0 Å². The number of nitrogens with two attached hydrogens (primary N) is 2. The molecule has 0 rings (SSSR count). The van der Waals surface area contributed by atoms with Crippen LogP contribution >= 0.6 is 0 Å². The number of rotatable bonds is 26. The standard InChI is InChI=1S/C21H46N2O6/c22-8-1-10-24-12-3-14-26-16-5-18-28-20-7-21-29-19-6-17-27-15-4-13-25-11-2-9-23/h1-23H2. The van der Waals surface area contributed by atoms with Gasteiger partial charge in [-0.2, -0.15) is 0 Å². The lowest BCUT2D eigenvalue weighted by atomic mass is 10.4. The molecule has 0 unspecified atom stereocenters. The van der Waals surface area contributed by atoms with Gasteiger partial charge in [0.15, 0.2) is 0 Å². The van der Waals surface area contributed by atoms with E-state index in [1.54, 1.807) is 0 Å². The fourth-order valence-electron chi connectivity index (χ4n) is 2.30. The van der Waals surface area contributed by atoms with Crippen LogP contribution in [0.4, 0.5) is 0 Å². The lowest BCUT2D eigenvalue weighted by molar-refractivity contribution is 0.0459. The summed E-state index contributed by atoms with van der Waals surface area (Å²) in [5.41, 5.74) is 10.8. The van der Waals surface area contributed by atoms with Crippen molar-refractivity contribution >= 4 is 0 Å². The van der Waals surface area contributed by atoms with Gasteiger partial charge >= 0.3 is 0 Å². The Bertz CT molecular complexity index is 262. The molecule has 0 saturated carbocycles. The Kier molecular flexibility index (Phi) is 27.4. The van der Waals surface area contributed by atoms with Gasteiger partial charge in [0.1, 0.15) is 0 Å². The van der Waals surface area contributed by atoms with Gasteiger partial charge in [0, 0.05) is 79.3 Å². The molecule has 8 nitrogen and oxygen atoms in total. The summed E-state index contributed by atoms with van der Waals surface area (Å²) >= 11 is 0. The minimum atomic E-state index is 0.685. The number of hydrogen-bond donors (Lipinski definition) is 2. The van der Waals surface area contributed by atoms with Crippen molar-refractivity contribution < 1.29 is 28.4 Å². The van der Waals surface area contributed by atoms with E-state index in [2.05, 4.69) is 0 Å². The average molecular weight is 423 g/mol. The van der Waals surface area contributed by atoms with E-state index >= 15 is 0 Å². The molecule has 176 valence electrons. The van der Waals surface area contributed by atoms with Crippen molar-refractivity contribution in [2.45, 2.75) is 44.9 Å². The smallest absolute Gasteiger partial charge is 0.0488 e. The molecule has 0 bridgehead atoms.